The lowest BCUT2D eigenvalue weighted by Crippen LogP contribution is -2.12. The molecule has 0 aliphatic rings. The molecule has 32 heavy (non-hydrogen) atoms. The maximum absolute atomic E-state index is 13.5. The molecule has 0 radical (unpaired) electrons. The minimum Gasteiger partial charge on any atom is -0.340 e. The van der Waals surface area contributed by atoms with Gasteiger partial charge in [-0.2, -0.15) is 18.2 Å². The van der Waals surface area contributed by atoms with Crippen molar-refractivity contribution >= 4 is 23.1 Å². The molecule has 7 heteroatoms. The van der Waals surface area contributed by atoms with Crippen LogP contribution in [0.2, 0.25) is 0 Å². The zero-order valence-electron chi connectivity index (χ0n) is 18.6. The molecule has 1 aromatic heterocycles. The number of hydrogen-bond donors (Lipinski definition) is 2. The molecule has 0 spiro atoms. The van der Waals surface area contributed by atoms with Crippen LogP contribution in [0.15, 0.2) is 54.7 Å². The Bertz CT molecular complexity index is 997. The Kier molecular flexibility index (Phi) is 7.72. The van der Waals surface area contributed by atoms with Gasteiger partial charge in [0.1, 0.15) is 11.4 Å². The van der Waals surface area contributed by atoms with Crippen molar-refractivity contribution in [3.8, 4) is 0 Å². The first-order valence-electron chi connectivity index (χ1n) is 10.9. The summed E-state index contributed by atoms with van der Waals surface area (Å²) >= 11 is 0. The largest absolute Gasteiger partial charge is 0.421 e. The molecule has 2 aromatic carbocycles. The van der Waals surface area contributed by atoms with Crippen molar-refractivity contribution in [2.24, 2.45) is 0 Å². The summed E-state index contributed by atoms with van der Waals surface area (Å²) in [6.07, 6.45) is 0.594. The summed E-state index contributed by atoms with van der Waals surface area (Å²) in [5.74, 6) is 0.196. The number of halogens is 3. The average molecular weight is 443 g/mol. The maximum atomic E-state index is 13.5. The molecule has 3 rings (SSSR count). The molecule has 0 unspecified atom stereocenters. The summed E-state index contributed by atoms with van der Waals surface area (Å²) in [4.78, 5) is 7.99. The third-order valence-corrected chi connectivity index (χ3v) is 5.21. The molecule has 4 nitrogen and oxygen atoms in total. The highest BCUT2D eigenvalue weighted by Gasteiger charge is 2.35. The first-order chi connectivity index (χ1) is 15.3. The van der Waals surface area contributed by atoms with Gasteiger partial charge >= 0.3 is 6.18 Å². The quantitative estimate of drug-likeness (QED) is 0.331. The summed E-state index contributed by atoms with van der Waals surface area (Å²) < 4.78 is 40.6. The van der Waals surface area contributed by atoms with E-state index in [1.165, 1.54) is 5.56 Å². The molecule has 0 bridgehead atoms. The van der Waals surface area contributed by atoms with Crippen molar-refractivity contribution in [3.63, 3.8) is 0 Å². The average Bonchev–Trinajstić information content (AvgIpc) is 2.75. The fraction of sp³-hybridized carbons (Fsp3) is 0.360. The Morgan fingerprint density at radius 2 is 1.50 bits per heavy atom. The molecule has 0 saturated carbocycles. The number of alkyl halides is 3. The van der Waals surface area contributed by atoms with Crippen LogP contribution in [-0.2, 0) is 12.6 Å². The summed E-state index contributed by atoms with van der Waals surface area (Å²) in [7, 11) is 0. The van der Waals surface area contributed by atoms with Gasteiger partial charge < -0.3 is 10.6 Å². The van der Waals surface area contributed by atoms with Crippen LogP contribution in [0.3, 0.4) is 0 Å². The fourth-order valence-corrected chi connectivity index (χ4v) is 3.30. The third-order valence-electron chi connectivity index (χ3n) is 5.21. The van der Waals surface area contributed by atoms with Crippen molar-refractivity contribution in [1.82, 2.24) is 9.97 Å². The summed E-state index contributed by atoms with van der Waals surface area (Å²) in [5, 5.41) is 5.80. The maximum Gasteiger partial charge on any atom is 0.421 e. The Labute approximate surface area is 187 Å². The zero-order valence-corrected chi connectivity index (χ0v) is 18.6. The number of aromatic nitrogens is 2. The van der Waals surface area contributed by atoms with Gasteiger partial charge in [-0.15, -0.1) is 0 Å². The van der Waals surface area contributed by atoms with Gasteiger partial charge in [0.2, 0.25) is 5.95 Å². The van der Waals surface area contributed by atoms with E-state index in [1.807, 2.05) is 36.4 Å². The first kappa shape index (κ1) is 23.6. The van der Waals surface area contributed by atoms with Gasteiger partial charge in [0.25, 0.3) is 0 Å². The number of benzene rings is 2. The lowest BCUT2D eigenvalue weighted by molar-refractivity contribution is -0.137. The number of hydrogen-bond acceptors (Lipinski definition) is 4. The van der Waals surface area contributed by atoms with E-state index in [1.54, 1.807) is 12.1 Å². The van der Waals surface area contributed by atoms with E-state index < -0.39 is 11.7 Å². The Hall–Kier alpha value is -3.09. The van der Waals surface area contributed by atoms with E-state index in [9.17, 15) is 13.2 Å². The highest BCUT2D eigenvalue weighted by atomic mass is 19.4. The first-order valence-corrected chi connectivity index (χ1v) is 10.9. The summed E-state index contributed by atoms with van der Waals surface area (Å²) in [6.45, 7) is 6.34. The highest BCUT2D eigenvalue weighted by Crippen LogP contribution is 2.35. The molecule has 0 aliphatic heterocycles. The molecule has 0 amide bonds. The van der Waals surface area contributed by atoms with Crippen LogP contribution in [0.4, 0.5) is 36.3 Å². The second kappa shape index (κ2) is 10.5. The van der Waals surface area contributed by atoms with E-state index in [0.717, 1.165) is 37.4 Å². The van der Waals surface area contributed by atoms with Crippen LogP contribution in [0.5, 0.6) is 0 Å². The smallest absolute Gasteiger partial charge is 0.340 e. The van der Waals surface area contributed by atoms with E-state index in [4.69, 9.17) is 0 Å². The summed E-state index contributed by atoms with van der Waals surface area (Å²) in [6, 6.07) is 15.1. The van der Waals surface area contributed by atoms with Crippen LogP contribution in [0, 0.1) is 0 Å². The van der Waals surface area contributed by atoms with Gasteiger partial charge in [-0.25, -0.2) is 4.98 Å². The molecule has 0 fully saturated rings. The van der Waals surface area contributed by atoms with Gasteiger partial charge in [0.15, 0.2) is 0 Å². The SMILES string of the molecule is CCCCCc1ccc(Nc2nc(Nc3ccc(C(C)C)cc3)ncc2C(F)(F)F)cc1. The standard InChI is InChI=1S/C25H29F3N4/c1-4-5-6-7-18-8-12-20(13-9-18)30-23-22(25(26,27)28)16-29-24(32-23)31-21-14-10-19(11-15-21)17(2)3/h8-17H,4-7H2,1-3H3,(H2,29,30,31,32). The van der Waals surface area contributed by atoms with Crippen molar-refractivity contribution < 1.29 is 13.2 Å². The minimum atomic E-state index is -4.57. The van der Waals surface area contributed by atoms with Gasteiger partial charge in [-0.1, -0.05) is 57.9 Å². The zero-order chi connectivity index (χ0) is 23.1. The molecule has 1 heterocycles. The van der Waals surface area contributed by atoms with Crippen LogP contribution in [0.25, 0.3) is 0 Å². The predicted molar refractivity (Wildman–Crippen MR) is 124 cm³/mol. The van der Waals surface area contributed by atoms with Crippen LogP contribution in [0.1, 0.15) is 62.6 Å². The molecule has 0 saturated heterocycles. The van der Waals surface area contributed by atoms with E-state index >= 15 is 0 Å². The Morgan fingerprint density at radius 1 is 0.875 bits per heavy atom. The van der Waals surface area contributed by atoms with E-state index in [0.29, 0.717) is 17.3 Å². The normalized spacial score (nSPS) is 11.6. The number of anilines is 4. The molecule has 2 N–H and O–H groups in total. The van der Waals surface area contributed by atoms with Gasteiger partial charge in [0, 0.05) is 17.6 Å². The van der Waals surface area contributed by atoms with Crippen molar-refractivity contribution in [2.75, 3.05) is 10.6 Å². The predicted octanol–water partition coefficient (Wildman–Crippen LogP) is 7.84. The lowest BCUT2D eigenvalue weighted by Gasteiger charge is -2.15. The highest BCUT2D eigenvalue weighted by molar-refractivity contribution is 5.63. The second-order valence-corrected chi connectivity index (χ2v) is 8.13. The molecule has 3 aromatic rings. The van der Waals surface area contributed by atoms with Gasteiger partial charge in [-0.3, -0.25) is 0 Å². The number of aryl methyl sites for hydroxylation is 1. The molecule has 0 aliphatic carbocycles. The topological polar surface area (TPSA) is 49.8 Å². The number of nitrogens with one attached hydrogen (secondary N) is 2. The van der Waals surface area contributed by atoms with E-state index in [-0.39, 0.29) is 11.8 Å². The fourth-order valence-electron chi connectivity index (χ4n) is 3.30. The van der Waals surface area contributed by atoms with Crippen LogP contribution >= 0.6 is 0 Å². The van der Waals surface area contributed by atoms with Gasteiger partial charge in [-0.05, 0) is 54.2 Å². The number of rotatable bonds is 9. The van der Waals surface area contributed by atoms with Gasteiger partial charge in [0.05, 0.1) is 0 Å². The number of nitrogens with zero attached hydrogens (tertiary/aromatic N) is 2. The van der Waals surface area contributed by atoms with Crippen molar-refractivity contribution in [3.05, 3.63) is 71.4 Å². The molecule has 170 valence electrons. The Balaban J connectivity index is 1.80. The van der Waals surface area contributed by atoms with Crippen LogP contribution < -0.4 is 10.6 Å². The minimum absolute atomic E-state index is 0.0917. The van der Waals surface area contributed by atoms with Crippen LogP contribution in [-0.4, -0.2) is 9.97 Å². The second-order valence-electron chi connectivity index (χ2n) is 8.13. The summed E-state index contributed by atoms with van der Waals surface area (Å²) in [5.41, 5.74) is 2.67. The molecule has 0 atom stereocenters. The molecular formula is C25H29F3N4. The van der Waals surface area contributed by atoms with Crippen molar-refractivity contribution in [1.29, 1.82) is 0 Å². The monoisotopic (exact) mass is 442 g/mol. The molecular weight excluding hydrogens is 413 g/mol. The van der Waals surface area contributed by atoms with E-state index in [2.05, 4.69) is 41.4 Å². The lowest BCUT2D eigenvalue weighted by atomic mass is 10.0. The number of unbranched alkanes of at least 4 members (excludes halogenated alkanes) is 2. The Morgan fingerprint density at radius 3 is 2.09 bits per heavy atom. The van der Waals surface area contributed by atoms with Crippen molar-refractivity contribution in [2.45, 2.75) is 58.5 Å². The third kappa shape index (κ3) is 6.45.